The van der Waals surface area contributed by atoms with Gasteiger partial charge in [-0.2, -0.15) is 0 Å². The van der Waals surface area contributed by atoms with E-state index in [0.717, 1.165) is 43.6 Å². The maximum Gasteiger partial charge on any atom is 0.220 e. The van der Waals surface area contributed by atoms with Gasteiger partial charge in [0, 0.05) is 24.7 Å². The fraction of sp³-hybridized carbons (Fsp3) is 0.533. The molecule has 0 saturated carbocycles. The Bertz CT molecular complexity index is 422. The van der Waals surface area contributed by atoms with Gasteiger partial charge in [0.1, 0.15) is 0 Å². The first-order valence-corrected chi connectivity index (χ1v) is 6.94. The summed E-state index contributed by atoms with van der Waals surface area (Å²) in [4.78, 5) is 13.4. The minimum absolute atomic E-state index is 0.0254. The number of carbonyl (C=O) groups is 1. The van der Waals surface area contributed by atoms with Crippen molar-refractivity contribution in [3.8, 4) is 0 Å². The van der Waals surface area contributed by atoms with Gasteiger partial charge in [0.15, 0.2) is 0 Å². The smallest absolute Gasteiger partial charge is 0.220 e. The van der Waals surface area contributed by atoms with E-state index in [-0.39, 0.29) is 17.9 Å². The van der Waals surface area contributed by atoms with Gasteiger partial charge in [-0.15, -0.1) is 0 Å². The Hall–Kier alpha value is -1.55. The van der Waals surface area contributed by atoms with Crippen LogP contribution in [0.4, 0.5) is 5.69 Å². The molecule has 1 aromatic rings. The summed E-state index contributed by atoms with van der Waals surface area (Å²) in [6, 6.07) is 8.03. The van der Waals surface area contributed by atoms with E-state index in [1.165, 1.54) is 0 Å². The summed E-state index contributed by atoms with van der Waals surface area (Å²) in [6.07, 6.45) is 2.00. The van der Waals surface area contributed by atoms with Gasteiger partial charge in [-0.25, -0.2) is 0 Å². The van der Waals surface area contributed by atoms with Crippen LogP contribution in [0.15, 0.2) is 24.3 Å². The Morgan fingerprint density at radius 1 is 1.37 bits per heavy atom. The molecule has 1 aliphatic rings. The molecule has 0 aromatic heterocycles. The number of nitrogens with zero attached hydrogens (tertiary/aromatic N) is 1. The zero-order valence-electron chi connectivity index (χ0n) is 11.4. The molecule has 19 heavy (non-hydrogen) atoms. The Labute approximate surface area is 114 Å². The number of amides is 1. The van der Waals surface area contributed by atoms with Gasteiger partial charge in [0.05, 0.1) is 6.10 Å². The first-order valence-electron chi connectivity index (χ1n) is 6.94. The van der Waals surface area contributed by atoms with E-state index < -0.39 is 0 Å². The first-order chi connectivity index (χ1) is 9.11. The lowest BCUT2D eigenvalue weighted by molar-refractivity contribution is -0.122. The van der Waals surface area contributed by atoms with Crippen molar-refractivity contribution >= 4 is 11.6 Å². The predicted molar refractivity (Wildman–Crippen MR) is 75.8 cm³/mol. The van der Waals surface area contributed by atoms with E-state index in [1.54, 1.807) is 0 Å². The van der Waals surface area contributed by atoms with Crippen LogP contribution in [0.5, 0.6) is 0 Å². The summed E-state index contributed by atoms with van der Waals surface area (Å²) in [5.74, 6) is -0.154. The van der Waals surface area contributed by atoms with Gasteiger partial charge < -0.3 is 15.7 Å². The quantitative estimate of drug-likeness (QED) is 0.870. The molecule has 0 unspecified atom stereocenters. The molecule has 1 amide bonds. The second-order valence-corrected chi connectivity index (χ2v) is 5.18. The average Bonchev–Trinajstić information content (AvgIpc) is 2.46. The fourth-order valence-corrected chi connectivity index (χ4v) is 2.57. The van der Waals surface area contributed by atoms with Gasteiger partial charge in [-0.1, -0.05) is 19.1 Å². The highest BCUT2D eigenvalue weighted by atomic mass is 16.3. The highest BCUT2D eigenvalue weighted by Crippen LogP contribution is 2.25. The van der Waals surface area contributed by atoms with Crippen molar-refractivity contribution in [3.63, 3.8) is 0 Å². The summed E-state index contributed by atoms with van der Waals surface area (Å²) in [5, 5.41) is 9.76. The SMILES string of the molecule is CC[C@@H](O)c1ccc(N2CCC(C(N)=O)CC2)cc1. The molecule has 4 nitrogen and oxygen atoms in total. The second-order valence-electron chi connectivity index (χ2n) is 5.18. The molecule has 0 bridgehead atoms. The zero-order chi connectivity index (χ0) is 13.8. The van der Waals surface area contributed by atoms with Crippen molar-refractivity contribution < 1.29 is 9.90 Å². The summed E-state index contributed by atoms with van der Waals surface area (Å²) in [6.45, 7) is 3.69. The van der Waals surface area contributed by atoms with Crippen LogP contribution in [-0.4, -0.2) is 24.1 Å². The molecule has 2 rings (SSSR count). The van der Waals surface area contributed by atoms with Crippen molar-refractivity contribution in [1.29, 1.82) is 0 Å². The number of anilines is 1. The normalized spacial score (nSPS) is 18.3. The minimum atomic E-state index is -0.380. The van der Waals surface area contributed by atoms with Crippen LogP contribution in [0.25, 0.3) is 0 Å². The monoisotopic (exact) mass is 262 g/mol. The Morgan fingerprint density at radius 2 is 1.95 bits per heavy atom. The molecule has 1 heterocycles. The van der Waals surface area contributed by atoms with Gasteiger partial charge >= 0.3 is 0 Å². The average molecular weight is 262 g/mol. The molecule has 1 aromatic carbocycles. The van der Waals surface area contributed by atoms with Gasteiger partial charge in [0.2, 0.25) is 5.91 Å². The summed E-state index contributed by atoms with van der Waals surface area (Å²) in [7, 11) is 0. The number of primary amides is 1. The fourth-order valence-electron chi connectivity index (χ4n) is 2.57. The van der Waals surface area contributed by atoms with E-state index in [1.807, 2.05) is 31.2 Å². The largest absolute Gasteiger partial charge is 0.388 e. The second kappa shape index (κ2) is 6.06. The summed E-state index contributed by atoms with van der Waals surface area (Å²) >= 11 is 0. The van der Waals surface area contributed by atoms with Crippen LogP contribution in [0.3, 0.4) is 0 Å². The number of nitrogens with two attached hydrogens (primary N) is 1. The Kier molecular flexibility index (Phi) is 4.43. The van der Waals surface area contributed by atoms with E-state index in [9.17, 15) is 9.90 Å². The molecule has 0 aliphatic carbocycles. The van der Waals surface area contributed by atoms with Gasteiger partial charge in [0.25, 0.3) is 0 Å². The highest BCUT2D eigenvalue weighted by molar-refractivity contribution is 5.77. The molecular weight excluding hydrogens is 240 g/mol. The Morgan fingerprint density at radius 3 is 2.42 bits per heavy atom. The molecule has 1 fully saturated rings. The van der Waals surface area contributed by atoms with E-state index in [2.05, 4.69) is 4.90 Å². The molecule has 4 heteroatoms. The molecule has 1 saturated heterocycles. The zero-order valence-corrected chi connectivity index (χ0v) is 11.4. The van der Waals surface area contributed by atoms with E-state index >= 15 is 0 Å². The van der Waals surface area contributed by atoms with Crippen molar-refractivity contribution in [1.82, 2.24) is 0 Å². The highest BCUT2D eigenvalue weighted by Gasteiger charge is 2.23. The number of hydrogen-bond acceptors (Lipinski definition) is 3. The third kappa shape index (κ3) is 3.26. The third-order valence-electron chi connectivity index (χ3n) is 3.93. The summed E-state index contributed by atoms with van der Waals surface area (Å²) in [5.41, 5.74) is 7.44. The van der Waals surface area contributed by atoms with E-state index in [4.69, 9.17) is 5.73 Å². The van der Waals surface area contributed by atoms with Crippen LogP contribution in [-0.2, 0) is 4.79 Å². The first kappa shape index (κ1) is 13.9. The number of aliphatic hydroxyl groups excluding tert-OH is 1. The number of hydrogen-bond donors (Lipinski definition) is 2. The molecule has 104 valence electrons. The standard InChI is InChI=1S/C15H22N2O2/c1-2-14(18)11-3-5-13(6-4-11)17-9-7-12(8-10-17)15(16)19/h3-6,12,14,18H,2,7-10H2,1H3,(H2,16,19)/t14-/m1/s1. The Balaban J connectivity index is 1.98. The number of rotatable bonds is 4. The van der Waals surface area contributed by atoms with Crippen molar-refractivity contribution in [2.45, 2.75) is 32.3 Å². The van der Waals surface area contributed by atoms with Crippen LogP contribution in [0.1, 0.15) is 37.9 Å². The summed E-state index contributed by atoms with van der Waals surface area (Å²) < 4.78 is 0. The molecule has 1 aliphatic heterocycles. The molecule has 0 radical (unpaired) electrons. The van der Waals surface area contributed by atoms with Crippen molar-refractivity contribution in [2.24, 2.45) is 11.7 Å². The maximum atomic E-state index is 11.1. The van der Waals surface area contributed by atoms with Crippen molar-refractivity contribution in [2.75, 3.05) is 18.0 Å². The molecule has 3 N–H and O–H groups in total. The maximum absolute atomic E-state index is 11.1. The molecular formula is C15H22N2O2. The number of aliphatic hydroxyl groups is 1. The number of carbonyl (C=O) groups excluding carboxylic acids is 1. The lowest BCUT2D eigenvalue weighted by atomic mass is 9.96. The van der Waals surface area contributed by atoms with Crippen LogP contribution >= 0.6 is 0 Å². The van der Waals surface area contributed by atoms with Gasteiger partial charge in [-0.05, 0) is 37.0 Å². The number of piperidine rings is 1. The predicted octanol–water partition coefficient (Wildman–Crippen LogP) is 1.83. The van der Waals surface area contributed by atoms with Gasteiger partial charge in [-0.3, -0.25) is 4.79 Å². The molecule has 1 atom stereocenters. The van der Waals surface area contributed by atoms with Crippen LogP contribution in [0, 0.1) is 5.92 Å². The minimum Gasteiger partial charge on any atom is -0.388 e. The van der Waals surface area contributed by atoms with Crippen molar-refractivity contribution in [3.05, 3.63) is 29.8 Å². The topological polar surface area (TPSA) is 66.6 Å². The number of benzene rings is 1. The van der Waals surface area contributed by atoms with Crippen LogP contribution < -0.4 is 10.6 Å². The lowest BCUT2D eigenvalue weighted by Crippen LogP contribution is -2.38. The van der Waals surface area contributed by atoms with Crippen LogP contribution in [0.2, 0.25) is 0 Å². The lowest BCUT2D eigenvalue weighted by Gasteiger charge is -2.32. The van der Waals surface area contributed by atoms with E-state index in [0.29, 0.717) is 0 Å². The molecule has 0 spiro atoms. The third-order valence-corrected chi connectivity index (χ3v) is 3.93.